The van der Waals surface area contributed by atoms with Gasteiger partial charge in [0.1, 0.15) is 23.9 Å². The average Bonchev–Trinajstić information content (AvgIpc) is 2.76. The topological polar surface area (TPSA) is 271 Å². The number of aliphatic hydroxyl groups excluding tert-OH is 1. The van der Waals surface area contributed by atoms with Crippen LogP contribution >= 0.6 is 0 Å². The minimum absolute atomic E-state index is 0.0602. The third-order valence-corrected chi connectivity index (χ3v) is 4.58. The summed E-state index contributed by atoms with van der Waals surface area (Å²) in [6.45, 7) is -0.971. The summed E-state index contributed by atoms with van der Waals surface area (Å²) in [4.78, 5) is 70.7. The number of benzene rings is 1. The van der Waals surface area contributed by atoms with Gasteiger partial charge in [-0.1, -0.05) is 12.1 Å². The second-order valence-electron chi connectivity index (χ2n) is 7.45. The summed E-state index contributed by atoms with van der Waals surface area (Å²) in [6.07, 6.45) is -1.72. The zero-order chi connectivity index (χ0) is 26.7. The van der Waals surface area contributed by atoms with Crippen molar-refractivity contribution in [1.82, 2.24) is 16.0 Å². The molecule has 0 aliphatic rings. The number of amides is 4. The van der Waals surface area contributed by atoms with Gasteiger partial charge in [-0.05, 0) is 17.7 Å². The molecule has 0 heterocycles. The van der Waals surface area contributed by atoms with Gasteiger partial charge in [-0.2, -0.15) is 0 Å². The van der Waals surface area contributed by atoms with Crippen LogP contribution < -0.4 is 27.4 Å². The van der Waals surface area contributed by atoms with E-state index in [0.717, 1.165) is 0 Å². The van der Waals surface area contributed by atoms with Crippen LogP contribution in [-0.4, -0.2) is 86.8 Å². The Morgan fingerprint density at radius 3 is 1.80 bits per heavy atom. The van der Waals surface area contributed by atoms with Gasteiger partial charge < -0.3 is 47.8 Å². The number of aliphatic hydroxyl groups is 1. The Morgan fingerprint density at radius 1 is 0.800 bits per heavy atom. The second kappa shape index (κ2) is 13.5. The number of nitrogens with two attached hydrogens (primary N) is 2. The van der Waals surface area contributed by atoms with Crippen LogP contribution in [0.5, 0.6) is 5.75 Å². The molecule has 192 valence electrons. The number of rotatable bonds is 14. The van der Waals surface area contributed by atoms with Crippen LogP contribution in [0, 0.1) is 0 Å². The van der Waals surface area contributed by atoms with E-state index in [1.54, 1.807) is 0 Å². The van der Waals surface area contributed by atoms with Crippen molar-refractivity contribution in [2.45, 2.75) is 43.4 Å². The molecule has 0 aromatic heterocycles. The van der Waals surface area contributed by atoms with Gasteiger partial charge in [-0.3, -0.25) is 24.0 Å². The van der Waals surface area contributed by atoms with Crippen molar-refractivity contribution in [3.05, 3.63) is 29.8 Å². The van der Waals surface area contributed by atoms with Crippen LogP contribution in [0.1, 0.15) is 18.4 Å². The SMILES string of the molecule is NC(=O)CC(N)C(=O)NC(CO)C(=O)NC(CC(=O)O)C(=O)NC(Cc1ccc(O)cc1)C(=O)O. The zero-order valence-corrected chi connectivity index (χ0v) is 18.3. The highest BCUT2D eigenvalue weighted by atomic mass is 16.4. The van der Waals surface area contributed by atoms with E-state index in [9.17, 15) is 44.1 Å². The number of hydrogen-bond acceptors (Lipinski definition) is 9. The highest BCUT2D eigenvalue weighted by Gasteiger charge is 2.31. The van der Waals surface area contributed by atoms with Crippen LogP contribution in [0.25, 0.3) is 0 Å². The van der Waals surface area contributed by atoms with Crippen molar-refractivity contribution in [3.63, 3.8) is 0 Å². The molecule has 0 saturated carbocycles. The minimum Gasteiger partial charge on any atom is -0.508 e. The van der Waals surface area contributed by atoms with Crippen molar-refractivity contribution in [2.75, 3.05) is 6.61 Å². The van der Waals surface area contributed by atoms with Crippen molar-refractivity contribution in [1.29, 1.82) is 0 Å². The summed E-state index contributed by atoms with van der Waals surface area (Å²) < 4.78 is 0. The number of carbonyl (C=O) groups excluding carboxylic acids is 4. The number of aliphatic carboxylic acids is 2. The standard InChI is InChI=1S/C20H27N5O10/c21-11(6-15(22)28)17(31)25-14(8-26)19(33)23-12(7-16(29)30)18(32)24-13(20(34)35)5-9-1-3-10(27)4-2-9/h1-4,11-14,26-27H,5-8,21H2,(H2,22,28)(H,23,33)(H,24,32)(H,25,31)(H,29,30)(H,34,35). The molecule has 1 rings (SSSR count). The molecule has 11 N–H and O–H groups in total. The van der Waals surface area contributed by atoms with Gasteiger partial charge in [0, 0.05) is 6.42 Å². The molecular weight excluding hydrogens is 470 g/mol. The van der Waals surface area contributed by atoms with E-state index in [1.165, 1.54) is 24.3 Å². The Hall–Kier alpha value is -4.24. The number of hydrogen-bond donors (Lipinski definition) is 9. The third-order valence-electron chi connectivity index (χ3n) is 4.58. The van der Waals surface area contributed by atoms with Crippen molar-refractivity contribution in [3.8, 4) is 5.75 Å². The second-order valence-corrected chi connectivity index (χ2v) is 7.45. The van der Waals surface area contributed by atoms with Crippen molar-refractivity contribution in [2.24, 2.45) is 11.5 Å². The molecule has 4 unspecified atom stereocenters. The maximum Gasteiger partial charge on any atom is 0.326 e. The maximum atomic E-state index is 12.6. The lowest BCUT2D eigenvalue weighted by Gasteiger charge is -2.23. The molecule has 0 radical (unpaired) electrons. The van der Waals surface area contributed by atoms with Crippen LogP contribution in [0.3, 0.4) is 0 Å². The Balaban J connectivity index is 2.93. The molecule has 15 nitrogen and oxygen atoms in total. The molecule has 0 aliphatic carbocycles. The van der Waals surface area contributed by atoms with Crippen LogP contribution in [0.4, 0.5) is 0 Å². The van der Waals surface area contributed by atoms with Gasteiger partial charge in [-0.25, -0.2) is 4.79 Å². The Bertz CT molecular complexity index is 952. The molecule has 4 amide bonds. The largest absolute Gasteiger partial charge is 0.508 e. The molecule has 0 bridgehead atoms. The van der Waals surface area contributed by atoms with Crippen molar-refractivity contribution < 1.29 is 49.2 Å². The lowest BCUT2D eigenvalue weighted by Crippen LogP contribution is -2.58. The maximum absolute atomic E-state index is 12.6. The van der Waals surface area contributed by atoms with Crippen molar-refractivity contribution >= 4 is 35.6 Å². The fourth-order valence-corrected chi connectivity index (χ4v) is 2.78. The normalized spacial score (nSPS) is 14.0. The van der Waals surface area contributed by atoms with Crippen LogP contribution in [0.15, 0.2) is 24.3 Å². The first-order valence-electron chi connectivity index (χ1n) is 10.1. The highest BCUT2D eigenvalue weighted by molar-refractivity contribution is 5.96. The number of nitrogens with one attached hydrogen (secondary N) is 3. The summed E-state index contributed by atoms with van der Waals surface area (Å²) in [5.41, 5.74) is 10.8. The molecular formula is C20H27N5O10. The van der Waals surface area contributed by atoms with Crippen LogP contribution in [0.2, 0.25) is 0 Å². The fraction of sp³-hybridized carbons (Fsp3) is 0.400. The first kappa shape index (κ1) is 28.8. The van der Waals surface area contributed by atoms with Crippen LogP contribution in [-0.2, 0) is 35.2 Å². The number of phenols is 1. The summed E-state index contributed by atoms with van der Waals surface area (Å²) in [7, 11) is 0. The number of carboxylic acid groups (broad SMARTS) is 2. The van der Waals surface area contributed by atoms with Gasteiger partial charge >= 0.3 is 11.9 Å². The Morgan fingerprint density at radius 2 is 1.31 bits per heavy atom. The van der Waals surface area contributed by atoms with E-state index in [-0.39, 0.29) is 12.2 Å². The Kier molecular flexibility index (Phi) is 11.1. The van der Waals surface area contributed by atoms with E-state index in [0.29, 0.717) is 5.56 Å². The zero-order valence-electron chi connectivity index (χ0n) is 18.3. The molecule has 0 fully saturated rings. The summed E-state index contributed by atoms with van der Waals surface area (Å²) >= 11 is 0. The first-order chi connectivity index (χ1) is 16.3. The minimum atomic E-state index is -1.77. The number of primary amides is 1. The number of aromatic hydroxyl groups is 1. The smallest absolute Gasteiger partial charge is 0.326 e. The quantitative estimate of drug-likeness (QED) is 0.120. The first-order valence-corrected chi connectivity index (χ1v) is 10.1. The monoisotopic (exact) mass is 497 g/mol. The average molecular weight is 497 g/mol. The Labute approximate surface area is 198 Å². The van der Waals surface area contributed by atoms with E-state index in [1.807, 2.05) is 10.6 Å². The number of carboxylic acids is 2. The molecule has 4 atom stereocenters. The van der Waals surface area contributed by atoms with E-state index in [2.05, 4.69) is 5.32 Å². The van der Waals surface area contributed by atoms with Gasteiger partial charge in [0.2, 0.25) is 23.6 Å². The number of phenolic OH excluding ortho intramolecular Hbond substituents is 1. The van der Waals surface area contributed by atoms with Gasteiger partial charge in [0.25, 0.3) is 0 Å². The van der Waals surface area contributed by atoms with Gasteiger partial charge in [0.05, 0.1) is 25.5 Å². The molecule has 1 aromatic carbocycles. The van der Waals surface area contributed by atoms with Gasteiger partial charge in [-0.15, -0.1) is 0 Å². The fourth-order valence-electron chi connectivity index (χ4n) is 2.78. The molecule has 1 aromatic rings. The third kappa shape index (κ3) is 10.1. The predicted octanol–water partition coefficient (Wildman–Crippen LogP) is -3.86. The molecule has 0 spiro atoms. The van der Waals surface area contributed by atoms with E-state index < -0.39 is 79.2 Å². The van der Waals surface area contributed by atoms with E-state index >= 15 is 0 Å². The molecule has 15 heteroatoms. The predicted molar refractivity (Wildman–Crippen MR) is 116 cm³/mol. The summed E-state index contributed by atoms with van der Waals surface area (Å²) in [5, 5.41) is 43.5. The molecule has 0 aliphatic heterocycles. The number of carbonyl (C=O) groups is 6. The summed E-state index contributed by atoms with van der Waals surface area (Å²) in [6, 6.07) is -0.921. The van der Waals surface area contributed by atoms with E-state index in [4.69, 9.17) is 16.6 Å². The lowest BCUT2D eigenvalue weighted by atomic mass is 10.0. The summed E-state index contributed by atoms with van der Waals surface area (Å²) in [5.74, 6) is -7.25. The highest BCUT2D eigenvalue weighted by Crippen LogP contribution is 2.12. The van der Waals surface area contributed by atoms with Gasteiger partial charge in [0.15, 0.2) is 0 Å². The molecule has 35 heavy (non-hydrogen) atoms. The lowest BCUT2D eigenvalue weighted by molar-refractivity contribution is -0.143. The molecule has 0 saturated heterocycles.